The lowest BCUT2D eigenvalue weighted by atomic mass is 10.3. The van der Waals surface area contributed by atoms with Crippen molar-refractivity contribution in [2.75, 3.05) is 6.54 Å². The van der Waals surface area contributed by atoms with Crippen molar-refractivity contribution in [1.29, 1.82) is 0 Å². The van der Waals surface area contributed by atoms with Crippen molar-refractivity contribution in [3.63, 3.8) is 0 Å². The molecule has 0 aromatic carbocycles. The van der Waals surface area contributed by atoms with Gasteiger partial charge in [-0.05, 0) is 32.7 Å². The van der Waals surface area contributed by atoms with Gasteiger partial charge in [-0.15, -0.1) is 11.3 Å². The highest BCUT2D eigenvalue weighted by Gasteiger charge is 2.16. The Hall–Kier alpha value is -0.0600. The molecular formula is C14H24N2S2. The van der Waals surface area contributed by atoms with Crippen LogP contribution in [-0.4, -0.2) is 16.8 Å². The number of rotatable bonds is 7. The minimum absolute atomic E-state index is 0.452. The number of thiazole rings is 1. The topological polar surface area (TPSA) is 24.9 Å². The van der Waals surface area contributed by atoms with Gasteiger partial charge in [-0.25, -0.2) is 4.98 Å². The second kappa shape index (κ2) is 7.51. The summed E-state index contributed by atoms with van der Waals surface area (Å²) in [5, 5.41) is 5.72. The molecule has 1 saturated carbocycles. The number of hydrogen-bond donors (Lipinski definition) is 1. The fraction of sp³-hybridized carbons (Fsp3) is 0.786. The van der Waals surface area contributed by atoms with Crippen LogP contribution in [0.3, 0.4) is 0 Å². The van der Waals surface area contributed by atoms with Crippen LogP contribution in [0.5, 0.6) is 0 Å². The molecule has 1 aliphatic carbocycles. The summed E-state index contributed by atoms with van der Waals surface area (Å²) in [6.45, 7) is 5.53. The quantitative estimate of drug-likeness (QED) is 0.804. The zero-order chi connectivity index (χ0) is 12.8. The first kappa shape index (κ1) is 14.4. The summed E-state index contributed by atoms with van der Waals surface area (Å²) in [4.78, 5) is 5.94. The Balaban J connectivity index is 1.77. The molecule has 0 bridgehead atoms. The number of aromatic nitrogens is 1. The highest BCUT2D eigenvalue weighted by molar-refractivity contribution is 7.99. The minimum Gasteiger partial charge on any atom is -0.309 e. The van der Waals surface area contributed by atoms with Gasteiger partial charge in [0.25, 0.3) is 0 Å². The van der Waals surface area contributed by atoms with Gasteiger partial charge in [0.15, 0.2) is 0 Å². The van der Waals surface area contributed by atoms with E-state index in [2.05, 4.69) is 42.1 Å². The molecule has 0 spiro atoms. The van der Waals surface area contributed by atoms with E-state index >= 15 is 0 Å². The van der Waals surface area contributed by atoms with Crippen LogP contribution in [0.4, 0.5) is 0 Å². The SMILES string of the molecule is CCCNC(C)c1cnc(CSC2CCCC2)s1. The molecule has 0 amide bonds. The smallest absolute Gasteiger partial charge is 0.103 e. The van der Waals surface area contributed by atoms with E-state index < -0.39 is 0 Å². The lowest BCUT2D eigenvalue weighted by molar-refractivity contribution is 0.577. The largest absolute Gasteiger partial charge is 0.309 e. The molecule has 18 heavy (non-hydrogen) atoms. The van der Waals surface area contributed by atoms with Gasteiger partial charge in [-0.2, -0.15) is 11.8 Å². The van der Waals surface area contributed by atoms with Gasteiger partial charge in [-0.1, -0.05) is 19.8 Å². The Morgan fingerprint density at radius 3 is 3.00 bits per heavy atom. The molecule has 0 radical (unpaired) electrons. The first-order valence-corrected chi connectivity index (χ1v) is 8.95. The predicted octanol–water partition coefficient (Wildman–Crippen LogP) is 4.38. The standard InChI is InChI=1S/C14H24N2S2/c1-3-8-15-11(2)13-9-16-14(18-13)10-17-12-6-4-5-7-12/h9,11-12,15H,3-8,10H2,1-2H3. The van der Waals surface area contributed by atoms with Crippen LogP contribution in [0.25, 0.3) is 0 Å². The molecule has 0 saturated heterocycles. The Morgan fingerprint density at radius 2 is 2.28 bits per heavy atom. The maximum atomic E-state index is 4.56. The van der Waals surface area contributed by atoms with E-state index in [1.54, 1.807) is 0 Å². The summed E-state index contributed by atoms with van der Waals surface area (Å²) in [6.07, 6.45) is 8.93. The average Bonchev–Trinajstić information content (AvgIpc) is 3.04. The highest BCUT2D eigenvalue weighted by atomic mass is 32.2. The molecule has 1 aliphatic rings. The van der Waals surface area contributed by atoms with Gasteiger partial charge in [0.2, 0.25) is 0 Å². The number of nitrogens with one attached hydrogen (secondary N) is 1. The van der Waals surface area contributed by atoms with E-state index in [0.29, 0.717) is 6.04 Å². The fourth-order valence-electron chi connectivity index (χ4n) is 2.30. The Labute approximate surface area is 119 Å². The van der Waals surface area contributed by atoms with E-state index in [9.17, 15) is 0 Å². The molecule has 102 valence electrons. The zero-order valence-electron chi connectivity index (χ0n) is 11.4. The Kier molecular flexibility index (Phi) is 5.99. The van der Waals surface area contributed by atoms with Gasteiger partial charge in [-0.3, -0.25) is 0 Å². The minimum atomic E-state index is 0.452. The van der Waals surface area contributed by atoms with Gasteiger partial charge in [0.1, 0.15) is 5.01 Å². The molecule has 1 unspecified atom stereocenters. The Morgan fingerprint density at radius 1 is 1.50 bits per heavy atom. The maximum absolute atomic E-state index is 4.56. The highest BCUT2D eigenvalue weighted by Crippen LogP contribution is 2.33. The molecule has 2 nitrogen and oxygen atoms in total. The molecule has 0 aliphatic heterocycles. The van der Waals surface area contributed by atoms with Crippen LogP contribution in [0.2, 0.25) is 0 Å². The second-order valence-corrected chi connectivity index (χ2v) is 7.49. The maximum Gasteiger partial charge on any atom is 0.103 e. The van der Waals surface area contributed by atoms with Crippen LogP contribution < -0.4 is 5.32 Å². The van der Waals surface area contributed by atoms with Crippen LogP contribution in [0, 0.1) is 0 Å². The summed E-state index contributed by atoms with van der Waals surface area (Å²) in [6, 6.07) is 0.452. The molecule has 4 heteroatoms. The number of nitrogens with zero attached hydrogens (tertiary/aromatic N) is 1. The Bertz CT molecular complexity index is 345. The number of thioether (sulfide) groups is 1. The van der Waals surface area contributed by atoms with Gasteiger partial charge < -0.3 is 5.32 Å². The van der Waals surface area contributed by atoms with Crippen molar-refractivity contribution < 1.29 is 0 Å². The van der Waals surface area contributed by atoms with Gasteiger partial charge >= 0.3 is 0 Å². The molecular weight excluding hydrogens is 260 g/mol. The molecule has 1 fully saturated rings. The predicted molar refractivity (Wildman–Crippen MR) is 82.4 cm³/mol. The lowest BCUT2D eigenvalue weighted by Gasteiger charge is -2.09. The zero-order valence-corrected chi connectivity index (χ0v) is 13.1. The number of hydrogen-bond acceptors (Lipinski definition) is 4. The molecule has 1 atom stereocenters. The summed E-state index contributed by atoms with van der Waals surface area (Å²) in [7, 11) is 0. The summed E-state index contributed by atoms with van der Waals surface area (Å²) < 4.78 is 0. The summed E-state index contributed by atoms with van der Waals surface area (Å²) >= 11 is 3.99. The van der Waals surface area contributed by atoms with E-state index in [-0.39, 0.29) is 0 Å². The van der Waals surface area contributed by atoms with Gasteiger partial charge in [0, 0.05) is 28.1 Å². The monoisotopic (exact) mass is 284 g/mol. The third-order valence-corrected chi connectivity index (χ3v) is 6.19. The van der Waals surface area contributed by atoms with Crippen molar-refractivity contribution in [2.45, 2.75) is 63.0 Å². The van der Waals surface area contributed by atoms with E-state index in [1.165, 1.54) is 42.0 Å². The lowest BCUT2D eigenvalue weighted by Crippen LogP contribution is -2.18. The van der Waals surface area contributed by atoms with Gasteiger partial charge in [0.05, 0.1) is 0 Å². The van der Waals surface area contributed by atoms with E-state index in [0.717, 1.165) is 17.5 Å². The fourth-order valence-corrected chi connectivity index (χ4v) is 4.60. The van der Waals surface area contributed by atoms with Crippen molar-refractivity contribution in [3.8, 4) is 0 Å². The normalized spacial score (nSPS) is 18.3. The van der Waals surface area contributed by atoms with Crippen LogP contribution >= 0.6 is 23.1 Å². The van der Waals surface area contributed by atoms with Crippen molar-refractivity contribution in [1.82, 2.24) is 10.3 Å². The van der Waals surface area contributed by atoms with Crippen LogP contribution in [0.1, 0.15) is 61.9 Å². The van der Waals surface area contributed by atoms with E-state index in [4.69, 9.17) is 0 Å². The molecule has 1 aromatic rings. The average molecular weight is 284 g/mol. The van der Waals surface area contributed by atoms with Crippen molar-refractivity contribution in [2.24, 2.45) is 0 Å². The molecule has 2 rings (SSSR count). The second-order valence-electron chi connectivity index (χ2n) is 5.05. The first-order chi connectivity index (χ1) is 8.79. The molecule has 1 aromatic heterocycles. The van der Waals surface area contributed by atoms with E-state index in [1.807, 2.05) is 11.3 Å². The van der Waals surface area contributed by atoms with Crippen LogP contribution in [0.15, 0.2) is 6.20 Å². The van der Waals surface area contributed by atoms with Crippen LogP contribution in [-0.2, 0) is 5.75 Å². The molecule has 1 heterocycles. The van der Waals surface area contributed by atoms with Crippen molar-refractivity contribution in [3.05, 3.63) is 16.1 Å². The third kappa shape index (κ3) is 4.25. The van der Waals surface area contributed by atoms with Crippen molar-refractivity contribution >= 4 is 23.1 Å². The summed E-state index contributed by atoms with van der Waals surface area (Å²) in [5.74, 6) is 1.11. The first-order valence-electron chi connectivity index (χ1n) is 7.09. The summed E-state index contributed by atoms with van der Waals surface area (Å²) in [5.41, 5.74) is 0. The molecule has 1 N–H and O–H groups in total. The third-order valence-electron chi connectivity index (χ3n) is 3.44.